The Labute approximate surface area is 308 Å². The Morgan fingerprint density at radius 2 is 1.64 bits per heavy atom. The SMILES string of the molecule is COCC1=C2[C@@H](CC/C(=C/c3ccc(O)c4ccccc34)c3ccccn3)OB(O)C[C@@H]2[C@@H]2C(=O)N(c3ccc(Nc4ccccc4)cc3)C(=O)[C@@H]2C1. The standard InChI is InChI=1S/C43H40BN3O6/c1-52-26-29-24-35-41(43(50)47(42(35)49)32-18-16-31(17-19-32)46-30-9-3-2-4-10-30)36-25-44(51)53-39(40(29)36)21-15-28(37-13-7-8-22-45-37)23-27-14-20-38(48)34-12-6-5-11-33(27)34/h2-14,16-20,22-23,35-36,39,41,46,48,51H,15,21,24-26H2,1H3/b28-23-/t35-,36+,39-,41-/m1/s1. The molecule has 4 aromatic carbocycles. The number of anilines is 3. The van der Waals surface area contributed by atoms with Crippen LogP contribution in [0.25, 0.3) is 22.4 Å². The fourth-order valence-electron chi connectivity index (χ4n) is 8.44. The molecule has 1 aromatic heterocycles. The molecule has 53 heavy (non-hydrogen) atoms. The minimum absolute atomic E-state index is 0.218. The fraction of sp³-hybridized carbons (Fsp3) is 0.233. The van der Waals surface area contributed by atoms with Gasteiger partial charge in [-0.15, -0.1) is 0 Å². The molecule has 8 rings (SSSR count). The van der Waals surface area contributed by atoms with Gasteiger partial charge in [0, 0.05) is 30.1 Å². The summed E-state index contributed by atoms with van der Waals surface area (Å²) in [5.41, 5.74) is 6.94. The van der Waals surface area contributed by atoms with E-state index in [9.17, 15) is 19.7 Å². The topological polar surface area (TPSA) is 121 Å². The first-order valence-electron chi connectivity index (χ1n) is 18.1. The van der Waals surface area contributed by atoms with Gasteiger partial charge >= 0.3 is 7.12 Å². The Balaban J connectivity index is 1.09. The van der Waals surface area contributed by atoms with Gasteiger partial charge in [-0.3, -0.25) is 19.5 Å². The largest absolute Gasteiger partial charge is 0.507 e. The molecular weight excluding hydrogens is 665 g/mol. The number of hydrogen-bond donors (Lipinski definition) is 3. The Morgan fingerprint density at radius 3 is 2.40 bits per heavy atom. The maximum atomic E-state index is 14.3. The van der Waals surface area contributed by atoms with Gasteiger partial charge < -0.3 is 24.8 Å². The van der Waals surface area contributed by atoms with E-state index in [0.29, 0.717) is 31.6 Å². The highest BCUT2D eigenvalue weighted by Crippen LogP contribution is 2.51. The van der Waals surface area contributed by atoms with Crippen molar-refractivity contribution in [2.45, 2.75) is 31.7 Å². The summed E-state index contributed by atoms with van der Waals surface area (Å²) in [5, 5.41) is 26.7. The van der Waals surface area contributed by atoms with Crippen LogP contribution >= 0.6 is 0 Å². The molecule has 3 heterocycles. The van der Waals surface area contributed by atoms with Gasteiger partial charge in [0.05, 0.1) is 35.9 Å². The third kappa shape index (κ3) is 6.77. The van der Waals surface area contributed by atoms with Crippen LogP contribution in [0.4, 0.5) is 17.1 Å². The van der Waals surface area contributed by atoms with E-state index in [4.69, 9.17) is 9.39 Å². The lowest BCUT2D eigenvalue weighted by Gasteiger charge is -2.43. The number of phenols is 1. The molecule has 2 amide bonds. The summed E-state index contributed by atoms with van der Waals surface area (Å²) in [6.07, 6.45) is 5.02. The lowest BCUT2D eigenvalue weighted by molar-refractivity contribution is -0.122. The number of para-hydroxylation sites is 1. The molecule has 0 bridgehead atoms. The number of imide groups is 1. The van der Waals surface area contributed by atoms with Crippen molar-refractivity contribution in [1.29, 1.82) is 0 Å². The van der Waals surface area contributed by atoms with Crippen molar-refractivity contribution in [1.82, 2.24) is 4.98 Å². The van der Waals surface area contributed by atoms with Gasteiger partial charge in [0.15, 0.2) is 0 Å². The van der Waals surface area contributed by atoms with Crippen molar-refractivity contribution in [2.24, 2.45) is 17.8 Å². The number of fused-ring (bicyclic) bond motifs is 4. The number of phenolic OH excluding ortho intramolecular Hbond substituents is 1. The molecule has 2 saturated heterocycles. The number of nitrogens with zero attached hydrogens (tertiary/aromatic N) is 2. The molecule has 3 N–H and O–H groups in total. The minimum Gasteiger partial charge on any atom is -0.507 e. The number of aromatic nitrogens is 1. The molecule has 0 unspecified atom stereocenters. The van der Waals surface area contributed by atoms with Crippen LogP contribution in [0, 0.1) is 17.8 Å². The summed E-state index contributed by atoms with van der Waals surface area (Å²) in [6, 6.07) is 34.3. The Bertz CT molecular complexity index is 2210. The van der Waals surface area contributed by atoms with Crippen LogP contribution in [0.3, 0.4) is 0 Å². The molecule has 9 nitrogen and oxygen atoms in total. The number of carbonyl (C=O) groups is 2. The second-order valence-electron chi connectivity index (χ2n) is 13.9. The van der Waals surface area contributed by atoms with Gasteiger partial charge in [-0.25, -0.2) is 0 Å². The monoisotopic (exact) mass is 705 g/mol. The van der Waals surface area contributed by atoms with E-state index in [1.54, 1.807) is 31.5 Å². The predicted octanol–water partition coefficient (Wildman–Crippen LogP) is 7.65. The highest BCUT2D eigenvalue weighted by molar-refractivity contribution is 6.43. The number of hydrogen-bond acceptors (Lipinski definition) is 8. The average molecular weight is 706 g/mol. The minimum atomic E-state index is -1.10. The smallest absolute Gasteiger partial charge is 0.455 e. The summed E-state index contributed by atoms with van der Waals surface area (Å²) < 4.78 is 12.0. The van der Waals surface area contributed by atoms with Gasteiger partial charge in [-0.2, -0.15) is 0 Å². The van der Waals surface area contributed by atoms with Crippen LogP contribution in [0.15, 0.2) is 127 Å². The molecule has 1 aliphatic carbocycles. The lowest BCUT2D eigenvalue weighted by Crippen LogP contribution is -2.46. The van der Waals surface area contributed by atoms with E-state index in [2.05, 4.69) is 16.4 Å². The number of methoxy groups -OCH3 is 1. The summed E-state index contributed by atoms with van der Waals surface area (Å²) in [6.45, 7) is 0.300. The quantitative estimate of drug-likeness (QED) is 0.0770. The summed E-state index contributed by atoms with van der Waals surface area (Å²) >= 11 is 0. The van der Waals surface area contributed by atoms with Crippen LogP contribution in [0.1, 0.15) is 30.5 Å². The van der Waals surface area contributed by atoms with E-state index >= 15 is 0 Å². The Morgan fingerprint density at radius 1 is 0.906 bits per heavy atom. The third-order valence-electron chi connectivity index (χ3n) is 10.7. The Hall–Kier alpha value is -5.55. The highest BCUT2D eigenvalue weighted by Gasteiger charge is 2.57. The van der Waals surface area contributed by atoms with Crippen molar-refractivity contribution < 1.29 is 29.1 Å². The van der Waals surface area contributed by atoms with Crippen LogP contribution in [0.5, 0.6) is 5.75 Å². The average Bonchev–Trinajstić information content (AvgIpc) is 3.43. The first kappa shape index (κ1) is 34.5. The molecule has 10 heteroatoms. The van der Waals surface area contributed by atoms with Gasteiger partial charge in [0.1, 0.15) is 5.75 Å². The van der Waals surface area contributed by atoms with Crippen molar-refractivity contribution in [3.63, 3.8) is 0 Å². The maximum absolute atomic E-state index is 14.3. The summed E-state index contributed by atoms with van der Waals surface area (Å²) in [4.78, 5) is 34.4. The zero-order valence-corrected chi connectivity index (χ0v) is 29.4. The van der Waals surface area contributed by atoms with Crippen molar-refractivity contribution in [3.05, 3.63) is 138 Å². The zero-order valence-electron chi connectivity index (χ0n) is 29.4. The van der Waals surface area contributed by atoms with E-state index in [1.165, 1.54) is 4.90 Å². The maximum Gasteiger partial charge on any atom is 0.455 e. The van der Waals surface area contributed by atoms with Crippen molar-refractivity contribution >= 4 is 58.4 Å². The molecule has 2 aliphatic heterocycles. The number of benzene rings is 4. The van der Waals surface area contributed by atoms with Gasteiger partial charge in [-0.05, 0) is 120 Å². The fourth-order valence-corrected chi connectivity index (χ4v) is 8.44. The predicted molar refractivity (Wildman–Crippen MR) is 207 cm³/mol. The zero-order chi connectivity index (χ0) is 36.5. The molecular formula is C43H40BN3O6. The van der Waals surface area contributed by atoms with Gasteiger partial charge in [-0.1, -0.05) is 54.6 Å². The second kappa shape index (κ2) is 14.8. The molecule has 0 radical (unpaired) electrons. The van der Waals surface area contributed by atoms with E-state index < -0.39 is 25.1 Å². The molecule has 2 fully saturated rings. The number of carbonyl (C=O) groups excluding carboxylic acids is 2. The lowest BCUT2D eigenvalue weighted by atomic mass is 9.58. The summed E-state index contributed by atoms with van der Waals surface area (Å²) in [5.74, 6) is -1.80. The van der Waals surface area contributed by atoms with E-state index in [1.807, 2.05) is 91.0 Å². The van der Waals surface area contributed by atoms with Crippen LogP contribution in [-0.4, -0.2) is 53.9 Å². The van der Waals surface area contributed by atoms with E-state index in [-0.39, 0.29) is 29.8 Å². The van der Waals surface area contributed by atoms with E-state index in [0.717, 1.165) is 50.1 Å². The van der Waals surface area contributed by atoms with Gasteiger partial charge in [0.2, 0.25) is 11.8 Å². The normalized spacial score (nSPS) is 21.6. The number of aromatic hydroxyl groups is 1. The third-order valence-corrected chi connectivity index (χ3v) is 10.7. The highest BCUT2D eigenvalue weighted by atomic mass is 16.5. The molecule has 266 valence electrons. The molecule has 4 atom stereocenters. The Kier molecular flexibility index (Phi) is 9.66. The van der Waals surface area contributed by atoms with Crippen LogP contribution in [0.2, 0.25) is 6.32 Å². The second-order valence-corrected chi connectivity index (χ2v) is 13.9. The molecule has 5 aromatic rings. The molecule has 0 spiro atoms. The molecule has 3 aliphatic rings. The number of amides is 2. The number of ether oxygens (including phenoxy) is 1. The van der Waals surface area contributed by atoms with Gasteiger partial charge in [0.25, 0.3) is 0 Å². The molecule has 0 saturated carbocycles. The number of pyridine rings is 1. The number of nitrogens with one attached hydrogen (secondary N) is 1. The van der Waals surface area contributed by atoms with Crippen LogP contribution < -0.4 is 10.2 Å². The van der Waals surface area contributed by atoms with Crippen LogP contribution in [-0.2, 0) is 19.0 Å². The number of allylic oxidation sites excluding steroid dienone is 1. The first-order valence-corrected chi connectivity index (χ1v) is 18.1. The first-order chi connectivity index (χ1) is 25.9. The number of rotatable bonds is 10. The summed E-state index contributed by atoms with van der Waals surface area (Å²) in [7, 11) is 0.533. The van der Waals surface area contributed by atoms with Crippen molar-refractivity contribution in [3.8, 4) is 5.75 Å². The van der Waals surface area contributed by atoms with Crippen molar-refractivity contribution in [2.75, 3.05) is 23.9 Å².